The summed E-state index contributed by atoms with van der Waals surface area (Å²) in [5.74, 6) is 4.97. The van der Waals surface area contributed by atoms with Crippen molar-refractivity contribution in [3.05, 3.63) is 52.0 Å². The standard InChI is InChI=1S/C14H18N4OS/c1-2-18(10-12-5-3-4-7-16-12)9-11-6-8-20-13(11)14(19)17-15/h3-8H,2,9-10,15H2,1H3,(H,17,19). The fourth-order valence-electron chi connectivity index (χ4n) is 1.97. The molecule has 5 nitrogen and oxygen atoms in total. The van der Waals surface area contributed by atoms with Gasteiger partial charge in [0.25, 0.3) is 5.91 Å². The van der Waals surface area contributed by atoms with Gasteiger partial charge in [-0.3, -0.25) is 20.1 Å². The highest BCUT2D eigenvalue weighted by Crippen LogP contribution is 2.19. The van der Waals surface area contributed by atoms with Crippen molar-refractivity contribution in [2.75, 3.05) is 6.54 Å². The highest BCUT2D eigenvalue weighted by molar-refractivity contribution is 7.12. The summed E-state index contributed by atoms with van der Waals surface area (Å²) in [7, 11) is 0. The zero-order valence-corrected chi connectivity index (χ0v) is 12.2. The van der Waals surface area contributed by atoms with Crippen LogP contribution in [0.25, 0.3) is 0 Å². The maximum Gasteiger partial charge on any atom is 0.275 e. The Bertz CT molecular complexity index is 555. The summed E-state index contributed by atoms with van der Waals surface area (Å²) in [6.07, 6.45) is 1.79. The molecule has 0 aliphatic rings. The first-order valence-electron chi connectivity index (χ1n) is 6.44. The van der Waals surface area contributed by atoms with Crippen LogP contribution in [0.1, 0.15) is 27.9 Å². The molecule has 0 aliphatic heterocycles. The number of hydrogen-bond donors (Lipinski definition) is 2. The monoisotopic (exact) mass is 290 g/mol. The highest BCUT2D eigenvalue weighted by atomic mass is 32.1. The SMILES string of the molecule is CCN(Cc1ccccn1)Cc1ccsc1C(=O)NN. The first-order chi connectivity index (χ1) is 9.74. The van der Waals surface area contributed by atoms with Gasteiger partial charge in [-0.1, -0.05) is 13.0 Å². The summed E-state index contributed by atoms with van der Waals surface area (Å²) in [6, 6.07) is 7.86. The molecule has 6 heteroatoms. The Labute approximate surface area is 122 Å². The Morgan fingerprint density at radius 2 is 2.25 bits per heavy atom. The first-order valence-corrected chi connectivity index (χ1v) is 7.32. The van der Waals surface area contributed by atoms with Crippen LogP contribution in [0.5, 0.6) is 0 Å². The molecule has 2 rings (SSSR count). The molecule has 106 valence electrons. The molecule has 0 saturated heterocycles. The molecule has 0 aliphatic carbocycles. The summed E-state index contributed by atoms with van der Waals surface area (Å²) in [5.41, 5.74) is 4.21. The molecule has 0 bridgehead atoms. The van der Waals surface area contributed by atoms with Gasteiger partial charge in [-0.05, 0) is 35.7 Å². The molecule has 3 N–H and O–H groups in total. The first kappa shape index (κ1) is 14.6. The van der Waals surface area contributed by atoms with E-state index in [1.807, 2.05) is 29.6 Å². The van der Waals surface area contributed by atoms with Crippen molar-refractivity contribution < 1.29 is 4.79 Å². The molecule has 2 heterocycles. The smallest absolute Gasteiger partial charge is 0.275 e. The lowest BCUT2D eigenvalue weighted by atomic mass is 10.2. The van der Waals surface area contributed by atoms with E-state index in [0.717, 1.165) is 24.3 Å². The van der Waals surface area contributed by atoms with Gasteiger partial charge >= 0.3 is 0 Å². The van der Waals surface area contributed by atoms with Gasteiger partial charge in [-0.2, -0.15) is 0 Å². The minimum absolute atomic E-state index is 0.233. The fraction of sp³-hybridized carbons (Fsp3) is 0.286. The topological polar surface area (TPSA) is 71.2 Å². The number of nitrogens with one attached hydrogen (secondary N) is 1. The lowest BCUT2D eigenvalue weighted by molar-refractivity contribution is 0.0956. The number of nitrogens with zero attached hydrogens (tertiary/aromatic N) is 2. The molecule has 0 saturated carbocycles. The third kappa shape index (κ3) is 3.63. The third-order valence-electron chi connectivity index (χ3n) is 3.04. The molecule has 0 atom stereocenters. The quantitative estimate of drug-likeness (QED) is 0.483. The summed E-state index contributed by atoms with van der Waals surface area (Å²) in [6.45, 7) is 4.45. The molecule has 1 amide bonds. The Hall–Kier alpha value is -1.76. The predicted molar refractivity (Wildman–Crippen MR) is 80.0 cm³/mol. The van der Waals surface area contributed by atoms with E-state index in [0.29, 0.717) is 11.4 Å². The number of rotatable bonds is 6. The van der Waals surface area contributed by atoms with Crippen LogP contribution < -0.4 is 11.3 Å². The van der Waals surface area contributed by atoms with Crippen molar-refractivity contribution in [3.63, 3.8) is 0 Å². The fourth-order valence-corrected chi connectivity index (χ4v) is 2.78. The number of hydrazine groups is 1. The van der Waals surface area contributed by atoms with Crippen LogP contribution in [-0.4, -0.2) is 22.3 Å². The van der Waals surface area contributed by atoms with Crippen molar-refractivity contribution in [1.29, 1.82) is 0 Å². The number of nitrogen functional groups attached to an aromatic ring is 1. The van der Waals surface area contributed by atoms with Crippen molar-refractivity contribution >= 4 is 17.2 Å². The van der Waals surface area contributed by atoms with E-state index < -0.39 is 0 Å². The summed E-state index contributed by atoms with van der Waals surface area (Å²) < 4.78 is 0. The van der Waals surface area contributed by atoms with E-state index in [1.165, 1.54) is 11.3 Å². The van der Waals surface area contributed by atoms with Crippen LogP contribution in [-0.2, 0) is 13.1 Å². The molecule has 0 aromatic carbocycles. The highest BCUT2D eigenvalue weighted by Gasteiger charge is 2.14. The van der Waals surface area contributed by atoms with Crippen molar-refractivity contribution in [1.82, 2.24) is 15.3 Å². The Morgan fingerprint density at radius 3 is 2.90 bits per heavy atom. The Morgan fingerprint density at radius 1 is 1.40 bits per heavy atom. The Balaban J connectivity index is 2.07. The molecule has 20 heavy (non-hydrogen) atoms. The van der Waals surface area contributed by atoms with Gasteiger partial charge in [-0.15, -0.1) is 11.3 Å². The average molecular weight is 290 g/mol. The molecule has 0 spiro atoms. The van der Waals surface area contributed by atoms with E-state index in [9.17, 15) is 4.79 Å². The average Bonchev–Trinajstić information content (AvgIpc) is 2.95. The lowest BCUT2D eigenvalue weighted by Gasteiger charge is -2.20. The second kappa shape index (κ2) is 7.14. The minimum atomic E-state index is -0.233. The third-order valence-corrected chi connectivity index (χ3v) is 3.99. The zero-order chi connectivity index (χ0) is 14.4. The molecule has 0 fully saturated rings. The largest absolute Gasteiger partial charge is 0.293 e. The number of carbonyl (C=O) groups is 1. The molecule has 2 aromatic heterocycles. The van der Waals surface area contributed by atoms with Gasteiger partial charge in [0.15, 0.2) is 0 Å². The number of pyridine rings is 1. The summed E-state index contributed by atoms with van der Waals surface area (Å²) >= 11 is 1.41. The number of amides is 1. The van der Waals surface area contributed by atoms with E-state index in [2.05, 4.69) is 22.2 Å². The molecule has 0 radical (unpaired) electrons. The molecular weight excluding hydrogens is 272 g/mol. The van der Waals surface area contributed by atoms with Crippen molar-refractivity contribution in [3.8, 4) is 0 Å². The van der Waals surface area contributed by atoms with Crippen LogP contribution in [0.3, 0.4) is 0 Å². The van der Waals surface area contributed by atoms with Crippen LogP contribution in [0.2, 0.25) is 0 Å². The van der Waals surface area contributed by atoms with Crippen molar-refractivity contribution in [2.24, 2.45) is 5.84 Å². The van der Waals surface area contributed by atoms with Gasteiger partial charge in [-0.25, -0.2) is 5.84 Å². The van der Waals surface area contributed by atoms with Gasteiger partial charge < -0.3 is 0 Å². The second-order valence-corrected chi connectivity index (χ2v) is 5.29. The number of hydrogen-bond acceptors (Lipinski definition) is 5. The number of nitrogens with two attached hydrogens (primary N) is 1. The van der Waals surface area contributed by atoms with Gasteiger partial charge in [0.2, 0.25) is 0 Å². The van der Waals surface area contributed by atoms with E-state index in [4.69, 9.17) is 5.84 Å². The van der Waals surface area contributed by atoms with Crippen LogP contribution >= 0.6 is 11.3 Å². The molecular formula is C14H18N4OS. The van der Waals surface area contributed by atoms with E-state index in [1.54, 1.807) is 6.20 Å². The zero-order valence-electron chi connectivity index (χ0n) is 11.4. The van der Waals surface area contributed by atoms with Gasteiger partial charge in [0.05, 0.1) is 10.6 Å². The number of carbonyl (C=O) groups excluding carboxylic acids is 1. The Kier molecular flexibility index (Phi) is 5.23. The van der Waals surface area contributed by atoms with Crippen LogP contribution in [0, 0.1) is 0 Å². The number of thiophene rings is 1. The van der Waals surface area contributed by atoms with Gasteiger partial charge in [0, 0.05) is 19.3 Å². The molecule has 0 unspecified atom stereocenters. The maximum atomic E-state index is 11.7. The van der Waals surface area contributed by atoms with E-state index in [-0.39, 0.29) is 5.91 Å². The lowest BCUT2D eigenvalue weighted by Crippen LogP contribution is -2.31. The van der Waals surface area contributed by atoms with Crippen molar-refractivity contribution in [2.45, 2.75) is 20.0 Å². The summed E-state index contributed by atoms with van der Waals surface area (Å²) in [5, 5.41) is 1.91. The summed E-state index contributed by atoms with van der Waals surface area (Å²) in [4.78, 5) is 18.9. The van der Waals surface area contributed by atoms with Gasteiger partial charge in [0.1, 0.15) is 0 Å². The second-order valence-electron chi connectivity index (χ2n) is 4.37. The molecule has 2 aromatic rings. The van der Waals surface area contributed by atoms with Crippen LogP contribution in [0.15, 0.2) is 35.8 Å². The number of aromatic nitrogens is 1. The maximum absolute atomic E-state index is 11.7. The van der Waals surface area contributed by atoms with Crippen LogP contribution in [0.4, 0.5) is 0 Å². The minimum Gasteiger partial charge on any atom is -0.293 e. The van der Waals surface area contributed by atoms with E-state index >= 15 is 0 Å². The predicted octanol–water partition coefficient (Wildman–Crippen LogP) is 1.77. The normalized spacial score (nSPS) is 10.8.